The third kappa shape index (κ3) is 3.45. The van der Waals surface area contributed by atoms with Crippen LogP contribution in [-0.2, 0) is 11.3 Å². The van der Waals surface area contributed by atoms with Crippen molar-refractivity contribution in [3.05, 3.63) is 41.0 Å². The summed E-state index contributed by atoms with van der Waals surface area (Å²) in [6.45, 7) is 4.54. The second-order valence-corrected chi connectivity index (χ2v) is 7.69. The maximum Gasteiger partial charge on any atom is 0.213 e. The first-order valence-electron chi connectivity index (χ1n) is 8.60. The van der Waals surface area contributed by atoms with E-state index in [1.807, 2.05) is 29.8 Å². The molecule has 4 heterocycles. The predicted octanol–water partition coefficient (Wildman–Crippen LogP) is 2.99. The summed E-state index contributed by atoms with van der Waals surface area (Å²) in [5, 5.41) is 3.23. The fourth-order valence-corrected chi connectivity index (χ4v) is 4.56. The molecule has 2 aromatic heterocycles. The number of pyridine rings is 1. The summed E-state index contributed by atoms with van der Waals surface area (Å²) in [5.41, 5.74) is 0.0608. The highest BCUT2D eigenvalue weighted by atomic mass is 32.1. The Labute approximate surface area is 146 Å². The minimum Gasteiger partial charge on any atom is -0.477 e. The average Bonchev–Trinajstić information content (AvgIpc) is 3.14. The van der Waals surface area contributed by atoms with E-state index in [4.69, 9.17) is 9.47 Å². The third-order valence-electron chi connectivity index (χ3n) is 5.05. The molecule has 24 heavy (non-hydrogen) atoms. The van der Waals surface area contributed by atoms with E-state index in [1.54, 1.807) is 17.5 Å². The van der Waals surface area contributed by atoms with Crippen molar-refractivity contribution in [3.63, 3.8) is 0 Å². The summed E-state index contributed by atoms with van der Waals surface area (Å²) in [6.07, 6.45) is 7.28. The van der Waals surface area contributed by atoms with Crippen LogP contribution in [0.25, 0.3) is 0 Å². The molecular formula is C18H23N3O2S. The van der Waals surface area contributed by atoms with Gasteiger partial charge in [-0.05, 0) is 25.3 Å². The molecule has 0 bridgehead atoms. The van der Waals surface area contributed by atoms with Gasteiger partial charge in [0, 0.05) is 49.0 Å². The highest BCUT2D eigenvalue weighted by Gasteiger charge is 2.46. The molecule has 0 aromatic carbocycles. The van der Waals surface area contributed by atoms with Crippen LogP contribution in [0.4, 0.5) is 0 Å². The van der Waals surface area contributed by atoms with Crippen LogP contribution in [0.15, 0.2) is 36.0 Å². The Bertz CT molecular complexity index is 637. The van der Waals surface area contributed by atoms with Crippen molar-refractivity contribution in [2.75, 3.05) is 26.3 Å². The van der Waals surface area contributed by atoms with Crippen LogP contribution in [0.2, 0.25) is 0 Å². The summed E-state index contributed by atoms with van der Waals surface area (Å²) in [5.74, 6) is 0.702. The molecule has 128 valence electrons. The molecule has 2 aromatic rings. The minimum atomic E-state index is 0.0608. The first-order valence-corrected chi connectivity index (χ1v) is 9.48. The molecule has 2 aliphatic heterocycles. The number of hydrogen-bond donors (Lipinski definition) is 0. The molecule has 0 amide bonds. The van der Waals surface area contributed by atoms with Crippen molar-refractivity contribution in [3.8, 4) is 5.88 Å². The summed E-state index contributed by atoms with van der Waals surface area (Å²) < 4.78 is 12.2. The summed E-state index contributed by atoms with van der Waals surface area (Å²) in [6, 6.07) is 5.80. The SMILES string of the molecule is c1ccc(OC[C@]23CCCO[C@@H]2CCN(Cc2nccs2)C3)nc1. The van der Waals surface area contributed by atoms with Gasteiger partial charge in [0.1, 0.15) is 5.01 Å². The number of thiazole rings is 1. The Morgan fingerprint density at radius 1 is 1.33 bits per heavy atom. The van der Waals surface area contributed by atoms with E-state index < -0.39 is 0 Å². The van der Waals surface area contributed by atoms with Gasteiger partial charge >= 0.3 is 0 Å². The topological polar surface area (TPSA) is 47.5 Å². The number of nitrogens with zero attached hydrogens (tertiary/aromatic N) is 3. The van der Waals surface area contributed by atoms with Crippen molar-refractivity contribution in [2.45, 2.75) is 31.9 Å². The highest BCUT2D eigenvalue weighted by molar-refractivity contribution is 7.09. The van der Waals surface area contributed by atoms with Crippen LogP contribution in [-0.4, -0.2) is 47.3 Å². The first-order chi connectivity index (χ1) is 11.8. The third-order valence-corrected chi connectivity index (χ3v) is 5.82. The number of ether oxygens (including phenoxy) is 2. The smallest absolute Gasteiger partial charge is 0.213 e. The fourth-order valence-electron chi connectivity index (χ4n) is 3.90. The van der Waals surface area contributed by atoms with Crippen molar-refractivity contribution in [1.29, 1.82) is 0 Å². The summed E-state index contributed by atoms with van der Waals surface area (Å²) >= 11 is 1.73. The standard InChI is InChI=1S/C18H23N3O2S/c1-2-7-19-16(4-1)23-14-18-6-3-10-22-15(18)5-9-21(13-18)12-17-20-8-11-24-17/h1-2,4,7-8,11,15H,3,5-6,9-10,12-14H2/t15-,18-/m1/s1. The van der Waals surface area contributed by atoms with Crippen molar-refractivity contribution < 1.29 is 9.47 Å². The second-order valence-electron chi connectivity index (χ2n) is 6.71. The lowest BCUT2D eigenvalue weighted by Gasteiger charge is -2.50. The van der Waals surface area contributed by atoms with Gasteiger partial charge in [0.15, 0.2) is 0 Å². The van der Waals surface area contributed by atoms with Gasteiger partial charge in [0.05, 0.1) is 19.3 Å². The number of fused-ring (bicyclic) bond motifs is 1. The predicted molar refractivity (Wildman–Crippen MR) is 93.1 cm³/mol. The van der Waals surface area contributed by atoms with Crippen molar-refractivity contribution >= 4 is 11.3 Å². The lowest BCUT2D eigenvalue weighted by Crippen LogP contribution is -2.57. The van der Waals surface area contributed by atoms with Crippen LogP contribution in [0.5, 0.6) is 5.88 Å². The summed E-state index contributed by atoms with van der Waals surface area (Å²) in [7, 11) is 0. The zero-order valence-corrected chi connectivity index (χ0v) is 14.6. The molecule has 0 radical (unpaired) electrons. The highest BCUT2D eigenvalue weighted by Crippen LogP contribution is 2.41. The number of hydrogen-bond acceptors (Lipinski definition) is 6. The van der Waals surface area contributed by atoms with E-state index in [1.165, 1.54) is 5.01 Å². The Morgan fingerprint density at radius 2 is 2.33 bits per heavy atom. The second kappa shape index (κ2) is 7.17. The Balaban J connectivity index is 1.47. The Kier molecular flexibility index (Phi) is 4.78. The van der Waals surface area contributed by atoms with Gasteiger partial charge in [0.25, 0.3) is 0 Å². The Morgan fingerprint density at radius 3 is 3.17 bits per heavy atom. The molecule has 2 aliphatic rings. The van der Waals surface area contributed by atoms with E-state index in [-0.39, 0.29) is 5.41 Å². The largest absolute Gasteiger partial charge is 0.477 e. The van der Waals surface area contributed by atoms with Crippen molar-refractivity contribution in [1.82, 2.24) is 14.9 Å². The zero-order chi connectivity index (χ0) is 16.2. The van der Waals surface area contributed by atoms with Crippen molar-refractivity contribution in [2.24, 2.45) is 5.41 Å². The molecule has 0 aliphatic carbocycles. The van der Waals surface area contributed by atoms with Gasteiger partial charge in [-0.25, -0.2) is 9.97 Å². The molecule has 5 nitrogen and oxygen atoms in total. The van der Waals surface area contributed by atoms with E-state index in [0.717, 1.165) is 45.5 Å². The number of aromatic nitrogens is 2. The summed E-state index contributed by atoms with van der Waals surface area (Å²) in [4.78, 5) is 11.2. The quantitative estimate of drug-likeness (QED) is 0.834. The van der Waals surface area contributed by atoms with E-state index in [9.17, 15) is 0 Å². The van der Waals surface area contributed by atoms with Gasteiger partial charge in [-0.2, -0.15) is 0 Å². The molecule has 2 saturated heterocycles. The van der Waals surface area contributed by atoms with Gasteiger partial charge in [-0.1, -0.05) is 6.07 Å². The monoisotopic (exact) mass is 345 g/mol. The number of rotatable bonds is 5. The molecule has 0 N–H and O–H groups in total. The zero-order valence-electron chi connectivity index (χ0n) is 13.8. The van der Waals surface area contributed by atoms with E-state index in [0.29, 0.717) is 18.6 Å². The first kappa shape index (κ1) is 16.0. The van der Waals surface area contributed by atoms with Crippen LogP contribution in [0.3, 0.4) is 0 Å². The van der Waals surface area contributed by atoms with Gasteiger partial charge in [-0.3, -0.25) is 4.90 Å². The van der Waals surface area contributed by atoms with Gasteiger partial charge in [0.2, 0.25) is 5.88 Å². The van der Waals surface area contributed by atoms with Crippen LogP contribution < -0.4 is 4.74 Å². The lowest BCUT2D eigenvalue weighted by molar-refractivity contribution is -0.141. The molecule has 2 atom stereocenters. The molecule has 6 heteroatoms. The molecule has 0 spiro atoms. The van der Waals surface area contributed by atoms with Crippen LogP contribution >= 0.6 is 11.3 Å². The van der Waals surface area contributed by atoms with Crippen LogP contribution in [0.1, 0.15) is 24.3 Å². The van der Waals surface area contributed by atoms with E-state index in [2.05, 4.69) is 14.9 Å². The Hall–Kier alpha value is -1.50. The fraction of sp³-hybridized carbons (Fsp3) is 0.556. The molecule has 0 unspecified atom stereocenters. The van der Waals surface area contributed by atoms with Crippen LogP contribution in [0, 0.1) is 5.41 Å². The molecule has 0 saturated carbocycles. The normalized spacial score (nSPS) is 27.6. The maximum absolute atomic E-state index is 6.12. The number of likely N-dealkylation sites (tertiary alicyclic amines) is 1. The van der Waals surface area contributed by atoms with Gasteiger partial charge < -0.3 is 9.47 Å². The minimum absolute atomic E-state index is 0.0608. The molecule has 2 fully saturated rings. The molecular weight excluding hydrogens is 322 g/mol. The number of piperidine rings is 1. The molecule has 4 rings (SSSR count). The maximum atomic E-state index is 6.12. The average molecular weight is 345 g/mol. The lowest BCUT2D eigenvalue weighted by atomic mass is 9.73. The van der Waals surface area contributed by atoms with E-state index >= 15 is 0 Å². The van der Waals surface area contributed by atoms with Gasteiger partial charge in [-0.15, -0.1) is 11.3 Å².